The molecule has 1 aliphatic rings. The summed E-state index contributed by atoms with van der Waals surface area (Å²) in [6.07, 6.45) is 4.32. The molecular formula is C17H23N3O3S3. The van der Waals surface area contributed by atoms with Crippen molar-refractivity contribution in [2.75, 3.05) is 25.6 Å². The maximum absolute atomic E-state index is 12.6. The second-order valence-electron chi connectivity index (χ2n) is 6.35. The van der Waals surface area contributed by atoms with Gasteiger partial charge < -0.3 is 4.57 Å². The van der Waals surface area contributed by atoms with Crippen molar-refractivity contribution in [2.24, 2.45) is 10.9 Å². The van der Waals surface area contributed by atoms with Crippen molar-refractivity contribution in [3.8, 4) is 0 Å². The first kappa shape index (κ1) is 19.6. The molecule has 142 valence electrons. The number of hydrogen-bond acceptors (Lipinski definition) is 5. The fraction of sp³-hybridized carbons (Fsp3) is 0.529. The molecule has 0 N–H and O–H groups in total. The zero-order valence-corrected chi connectivity index (χ0v) is 17.6. The van der Waals surface area contributed by atoms with Crippen molar-refractivity contribution >= 4 is 49.2 Å². The summed E-state index contributed by atoms with van der Waals surface area (Å²) in [5, 5.41) is 0. The van der Waals surface area contributed by atoms with Gasteiger partial charge in [-0.25, -0.2) is 12.7 Å². The second kappa shape index (κ2) is 7.84. The van der Waals surface area contributed by atoms with Gasteiger partial charge in [0.2, 0.25) is 10.0 Å². The van der Waals surface area contributed by atoms with Gasteiger partial charge in [-0.1, -0.05) is 11.3 Å². The lowest BCUT2D eigenvalue weighted by Crippen LogP contribution is -2.39. The van der Waals surface area contributed by atoms with Gasteiger partial charge in [0, 0.05) is 30.4 Å². The van der Waals surface area contributed by atoms with E-state index in [1.54, 1.807) is 11.8 Å². The average Bonchev–Trinajstić information content (AvgIpc) is 2.96. The average molecular weight is 414 g/mol. The summed E-state index contributed by atoms with van der Waals surface area (Å²) in [5.41, 5.74) is 1.09. The molecule has 1 aromatic carbocycles. The van der Waals surface area contributed by atoms with Crippen molar-refractivity contribution in [3.63, 3.8) is 0 Å². The molecule has 1 fully saturated rings. The van der Waals surface area contributed by atoms with Gasteiger partial charge in [-0.3, -0.25) is 4.79 Å². The number of rotatable bonds is 4. The van der Waals surface area contributed by atoms with Crippen LogP contribution in [0.25, 0.3) is 10.2 Å². The second-order valence-corrected chi connectivity index (χ2v) is 10.2. The number of thioether (sulfide) groups is 1. The first-order valence-electron chi connectivity index (χ1n) is 8.54. The van der Waals surface area contributed by atoms with E-state index in [1.165, 1.54) is 26.8 Å². The molecule has 6 nitrogen and oxygen atoms in total. The van der Waals surface area contributed by atoms with Crippen LogP contribution in [-0.4, -0.2) is 48.8 Å². The molecule has 0 atom stereocenters. The van der Waals surface area contributed by atoms with Gasteiger partial charge in [-0.05, 0) is 44.2 Å². The number of carbonyl (C=O) groups excluding carboxylic acids is 1. The fourth-order valence-electron chi connectivity index (χ4n) is 3.19. The zero-order chi connectivity index (χ0) is 18.9. The number of amides is 1. The van der Waals surface area contributed by atoms with E-state index in [9.17, 15) is 13.2 Å². The maximum Gasteiger partial charge on any atom is 0.251 e. The molecule has 0 saturated carbocycles. The molecule has 1 saturated heterocycles. The highest BCUT2D eigenvalue weighted by Crippen LogP contribution is 2.25. The van der Waals surface area contributed by atoms with Gasteiger partial charge in [0.1, 0.15) is 0 Å². The van der Waals surface area contributed by atoms with Gasteiger partial charge in [0.25, 0.3) is 5.91 Å². The van der Waals surface area contributed by atoms with Crippen molar-refractivity contribution in [1.29, 1.82) is 0 Å². The Balaban J connectivity index is 1.86. The number of thiazole rings is 1. The van der Waals surface area contributed by atoms with E-state index in [0.717, 1.165) is 21.6 Å². The fourth-order valence-corrected chi connectivity index (χ4v) is 5.72. The summed E-state index contributed by atoms with van der Waals surface area (Å²) < 4.78 is 27.8. The smallest absolute Gasteiger partial charge is 0.251 e. The number of benzene rings is 1. The largest absolute Gasteiger partial charge is 0.317 e. The minimum Gasteiger partial charge on any atom is -0.317 e. The molecule has 0 unspecified atom stereocenters. The minimum absolute atomic E-state index is 0.142. The molecular weight excluding hydrogens is 390 g/mol. The Morgan fingerprint density at radius 1 is 1.35 bits per heavy atom. The molecule has 3 rings (SSSR count). The lowest BCUT2D eigenvalue weighted by Gasteiger charge is -2.28. The maximum atomic E-state index is 12.6. The van der Waals surface area contributed by atoms with Gasteiger partial charge in [-0.15, -0.1) is 11.8 Å². The molecule has 2 aromatic rings. The number of aryl methyl sites for hydroxylation is 1. The first-order chi connectivity index (χ1) is 12.3. The van der Waals surface area contributed by atoms with Crippen LogP contribution in [0, 0.1) is 5.92 Å². The summed E-state index contributed by atoms with van der Waals surface area (Å²) in [6.45, 7) is 3.57. The summed E-state index contributed by atoms with van der Waals surface area (Å²) in [4.78, 5) is 19.0. The van der Waals surface area contributed by atoms with E-state index in [4.69, 9.17) is 0 Å². The molecule has 1 amide bonds. The predicted octanol–water partition coefficient (Wildman–Crippen LogP) is 2.54. The summed E-state index contributed by atoms with van der Waals surface area (Å²) >= 11 is 3.22. The number of hydrogen-bond donors (Lipinski definition) is 0. The number of nitrogens with zero attached hydrogens (tertiary/aromatic N) is 3. The molecule has 0 aliphatic carbocycles. The molecule has 0 radical (unpaired) electrons. The van der Waals surface area contributed by atoms with Crippen molar-refractivity contribution in [2.45, 2.75) is 31.2 Å². The van der Waals surface area contributed by atoms with Crippen LogP contribution in [0.2, 0.25) is 0 Å². The third-order valence-corrected chi connectivity index (χ3v) is 7.75. The number of aromatic nitrogens is 1. The molecule has 9 heteroatoms. The van der Waals surface area contributed by atoms with E-state index in [-0.39, 0.29) is 11.8 Å². The highest BCUT2D eigenvalue weighted by molar-refractivity contribution is 7.98. The van der Waals surface area contributed by atoms with E-state index in [2.05, 4.69) is 27.8 Å². The molecule has 0 bridgehead atoms. The lowest BCUT2D eigenvalue weighted by molar-refractivity contribution is -0.122. The van der Waals surface area contributed by atoms with E-state index < -0.39 is 10.0 Å². The Bertz CT molecular complexity index is 984. The summed E-state index contributed by atoms with van der Waals surface area (Å²) in [7, 11) is -3.18. The van der Waals surface area contributed by atoms with Crippen molar-refractivity contribution in [1.82, 2.24) is 8.87 Å². The highest BCUT2D eigenvalue weighted by Gasteiger charge is 2.28. The zero-order valence-electron chi connectivity index (χ0n) is 15.1. The Labute approximate surface area is 162 Å². The van der Waals surface area contributed by atoms with Crippen molar-refractivity contribution < 1.29 is 13.2 Å². The molecule has 1 aliphatic heterocycles. The van der Waals surface area contributed by atoms with Gasteiger partial charge in [0.05, 0.1) is 16.5 Å². The summed E-state index contributed by atoms with van der Waals surface area (Å²) in [6, 6.07) is 6.29. The Morgan fingerprint density at radius 3 is 2.62 bits per heavy atom. The van der Waals surface area contributed by atoms with Crippen molar-refractivity contribution in [3.05, 3.63) is 23.0 Å². The highest BCUT2D eigenvalue weighted by atomic mass is 32.2. The predicted molar refractivity (Wildman–Crippen MR) is 107 cm³/mol. The third kappa shape index (κ3) is 4.05. The van der Waals surface area contributed by atoms with Crippen LogP contribution < -0.4 is 4.80 Å². The molecule has 1 aromatic heterocycles. The lowest BCUT2D eigenvalue weighted by atomic mass is 9.98. The van der Waals surface area contributed by atoms with Crippen LogP contribution in [-0.2, 0) is 21.4 Å². The van der Waals surface area contributed by atoms with Crippen LogP contribution in [0.5, 0.6) is 0 Å². The topological polar surface area (TPSA) is 71.7 Å². The first-order valence-corrected chi connectivity index (χ1v) is 12.4. The Morgan fingerprint density at radius 2 is 2.04 bits per heavy atom. The van der Waals surface area contributed by atoms with Crippen LogP contribution in [0.3, 0.4) is 0 Å². The standard InChI is InChI=1S/C17H23N3O3S3/c1-4-20-14-6-5-13(24-2)11-15(14)25-17(20)18-16(21)12-7-9-19(10-8-12)26(3,22)23/h5-6,11-12H,4,7-10H2,1-3H3. The van der Waals surface area contributed by atoms with E-state index in [1.807, 2.05) is 13.2 Å². The van der Waals surface area contributed by atoms with Gasteiger partial charge in [-0.2, -0.15) is 4.99 Å². The minimum atomic E-state index is -3.18. The van der Waals surface area contributed by atoms with Gasteiger partial charge >= 0.3 is 0 Å². The molecule has 26 heavy (non-hydrogen) atoms. The molecule has 0 spiro atoms. The van der Waals surface area contributed by atoms with Crippen LogP contribution in [0.1, 0.15) is 19.8 Å². The van der Waals surface area contributed by atoms with E-state index >= 15 is 0 Å². The Hall–Kier alpha value is -1.16. The van der Waals surface area contributed by atoms with Gasteiger partial charge in [0.15, 0.2) is 4.80 Å². The number of fused-ring (bicyclic) bond motifs is 1. The SMILES string of the molecule is CCn1c(=NC(=O)C2CCN(S(C)(=O)=O)CC2)sc2cc(SC)ccc21. The summed E-state index contributed by atoms with van der Waals surface area (Å²) in [5.74, 6) is -0.345. The Kier molecular flexibility index (Phi) is 5.91. The normalized spacial score (nSPS) is 17.9. The van der Waals surface area contributed by atoms with Crippen LogP contribution >= 0.6 is 23.1 Å². The number of piperidine rings is 1. The monoisotopic (exact) mass is 413 g/mol. The van der Waals surface area contributed by atoms with Crippen LogP contribution in [0.4, 0.5) is 0 Å². The number of carbonyl (C=O) groups is 1. The van der Waals surface area contributed by atoms with Crippen LogP contribution in [0.15, 0.2) is 28.1 Å². The quantitative estimate of drug-likeness (QED) is 0.722. The number of sulfonamides is 1. The third-order valence-electron chi connectivity index (χ3n) is 4.68. The van der Waals surface area contributed by atoms with E-state index in [0.29, 0.717) is 25.9 Å². The molecule has 2 heterocycles.